The van der Waals surface area contributed by atoms with Crippen LogP contribution in [0.1, 0.15) is 0 Å². The lowest BCUT2D eigenvalue weighted by atomic mass is 10.3. The maximum atomic E-state index is 11.4. The largest absolute Gasteiger partial charge is 0.399 e. The maximum Gasteiger partial charge on any atom is 0.244 e. The average Bonchev–Trinajstić information content (AvgIpc) is 2.06. The number of hydrogen-bond donors (Lipinski definition) is 3. The number of benzene rings is 1. The van der Waals surface area contributed by atoms with E-state index in [9.17, 15) is 8.42 Å². The molecular formula is C7H9N3O2S. The van der Waals surface area contributed by atoms with E-state index >= 15 is 0 Å². The van der Waals surface area contributed by atoms with Gasteiger partial charge in [0.05, 0.1) is 12.4 Å². The molecule has 1 aromatic carbocycles. The van der Waals surface area contributed by atoms with Crippen molar-refractivity contribution in [3.05, 3.63) is 18.2 Å². The monoisotopic (exact) mass is 199 g/mol. The first-order valence-electron chi connectivity index (χ1n) is 3.73. The van der Waals surface area contributed by atoms with E-state index in [1.165, 1.54) is 6.07 Å². The molecule has 0 aliphatic carbocycles. The first-order chi connectivity index (χ1) is 6.09. The minimum absolute atomic E-state index is 0.207. The Morgan fingerprint density at radius 3 is 2.92 bits per heavy atom. The standard InChI is InChI=1S/C7H9N3O2S/c8-5-1-2-6-7(3-5)13(11,12)10-4-9-6/h1-3,9-10H,4,8H2. The molecule has 0 amide bonds. The average molecular weight is 199 g/mol. The molecule has 1 aliphatic rings. The fourth-order valence-corrected chi connectivity index (χ4v) is 2.35. The Kier molecular flexibility index (Phi) is 1.67. The lowest BCUT2D eigenvalue weighted by Gasteiger charge is -2.19. The van der Waals surface area contributed by atoms with Crippen molar-refractivity contribution in [1.82, 2.24) is 4.72 Å². The zero-order chi connectivity index (χ0) is 9.47. The molecule has 0 fully saturated rings. The van der Waals surface area contributed by atoms with Gasteiger partial charge in [0.15, 0.2) is 0 Å². The van der Waals surface area contributed by atoms with Crippen molar-refractivity contribution < 1.29 is 8.42 Å². The molecule has 13 heavy (non-hydrogen) atoms. The zero-order valence-electron chi connectivity index (χ0n) is 6.74. The summed E-state index contributed by atoms with van der Waals surface area (Å²) >= 11 is 0. The fraction of sp³-hybridized carbons (Fsp3) is 0.143. The molecule has 0 aromatic heterocycles. The van der Waals surface area contributed by atoms with E-state index in [2.05, 4.69) is 10.0 Å². The topological polar surface area (TPSA) is 84.2 Å². The number of sulfonamides is 1. The first-order valence-corrected chi connectivity index (χ1v) is 5.21. The highest BCUT2D eigenvalue weighted by Crippen LogP contribution is 2.25. The van der Waals surface area contributed by atoms with E-state index < -0.39 is 10.0 Å². The third-order valence-electron chi connectivity index (χ3n) is 1.84. The van der Waals surface area contributed by atoms with Gasteiger partial charge in [0.25, 0.3) is 0 Å². The summed E-state index contributed by atoms with van der Waals surface area (Å²) in [5.41, 5.74) is 6.51. The van der Waals surface area contributed by atoms with Gasteiger partial charge in [-0.3, -0.25) is 0 Å². The molecule has 0 atom stereocenters. The van der Waals surface area contributed by atoms with E-state index in [-0.39, 0.29) is 11.6 Å². The Morgan fingerprint density at radius 2 is 2.15 bits per heavy atom. The molecule has 0 bridgehead atoms. The van der Waals surface area contributed by atoms with Gasteiger partial charge in [-0.15, -0.1) is 0 Å². The van der Waals surface area contributed by atoms with E-state index in [0.29, 0.717) is 11.4 Å². The summed E-state index contributed by atoms with van der Waals surface area (Å²) in [6.45, 7) is 0.221. The summed E-state index contributed by atoms with van der Waals surface area (Å²) in [5, 5.41) is 2.90. The normalized spacial score (nSPS) is 18.8. The van der Waals surface area contributed by atoms with Crippen LogP contribution in [0.4, 0.5) is 11.4 Å². The molecule has 1 aromatic rings. The number of hydrogen-bond acceptors (Lipinski definition) is 4. The SMILES string of the molecule is Nc1ccc2c(c1)S(=O)(=O)NCN2. The van der Waals surface area contributed by atoms with Crippen LogP contribution < -0.4 is 15.8 Å². The molecule has 0 spiro atoms. The molecule has 0 radical (unpaired) electrons. The Bertz CT molecular complexity index is 441. The molecule has 0 saturated carbocycles. The molecule has 4 N–H and O–H groups in total. The molecule has 70 valence electrons. The summed E-state index contributed by atoms with van der Waals surface area (Å²) in [6.07, 6.45) is 0. The predicted molar refractivity (Wildman–Crippen MR) is 49.7 cm³/mol. The first kappa shape index (κ1) is 8.33. The highest BCUT2D eigenvalue weighted by atomic mass is 32.2. The van der Waals surface area contributed by atoms with Crippen molar-refractivity contribution in [3.63, 3.8) is 0 Å². The molecule has 5 nitrogen and oxygen atoms in total. The minimum atomic E-state index is -3.36. The van der Waals surface area contributed by atoms with Gasteiger partial charge in [0.1, 0.15) is 4.90 Å². The summed E-state index contributed by atoms with van der Waals surface area (Å²) in [5.74, 6) is 0. The van der Waals surface area contributed by atoms with Gasteiger partial charge in [-0.1, -0.05) is 0 Å². The van der Waals surface area contributed by atoms with Crippen molar-refractivity contribution in [2.45, 2.75) is 4.90 Å². The van der Waals surface area contributed by atoms with Crippen LogP contribution >= 0.6 is 0 Å². The van der Waals surface area contributed by atoms with Crippen molar-refractivity contribution in [3.8, 4) is 0 Å². The van der Waals surface area contributed by atoms with Gasteiger partial charge in [-0.05, 0) is 18.2 Å². The number of nitrogen functional groups attached to an aromatic ring is 1. The van der Waals surface area contributed by atoms with Crippen LogP contribution in [0.25, 0.3) is 0 Å². The quantitative estimate of drug-likeness (QED) is 0.511. The van der Waals surface area contributed by atoms with Gasteiger partial charge >= 0.3 is 0 Å². The van der Waals surface area contributed by atoms with Crippen LogP contribution in [-0.2, 0) is 10.0 Å². The number of fused-ring (bicyclic) bond motifs is 1. The van der Waals surface area contributed by atoms with Crippen LogP contribution in [-0.4, -0.2) is 15.1 Å². The smallest absolute Gasteiger partial charge is 0.244 e. The van der Waals surface area contributed by atoms with Gasteiger partial charge in [-0.2, -0.15) is 4.72 Å². The minimum Gasteiger partial charge on any atom is -0.399 e. The molecule has 2 rings (SSSR count). The Balaban J connectivity index is 2.68. The molecular weight excluding hydrogens is 190 g/mol. The summed E-state index contributed by atoms with van der Waals surface area (Å²) in [6, 6.07) is 4.75. The highest BCUT2D eigenvalue weighted by Gasteiger charge is 2.22. The van der Waals surface area contributed by atoms with Crippen LogP contribution in [0.5, 0.6) is 0 Å². The molecule has 0 unspecified atom stereocenters. The highest BCUT2D eigenvalue weighted by molar-refractivity contribution is 7.89. The number of anilines is 2. The van der Waals surface area contributed by atoms with Crippen LogP contribution in [0.15, 0.2) is 23.1 Å². The predicted octanol–water partition coefficient (Wildman–Crippen LogP) is -0.0699. The Hall–Kier alpha value is -1.27. The van der Waals surface area contributed by atoms with E-state index in [4.69, 9.17) is 5.73 Å². The van der Waals surface area contributed by atoms with E-state index in [1.54, 1.807) is 12.1 Å². The van der Waals surface area contributed by atoms with Crippen molar-refractivity contribution in [2.24, 2.45) is 0 Å². The van der Waals surface area contributed by atoms with Gasteiger partial charge < -0.3 is 11.1 Å². The van der Waals surface area contributed by atoms with Gasteiger partial charge in [0.2, 0.25) is 10.0 Å². The zero-order valence-corrected chi connectivity index (χ0v) is 7.56. The van der Waals surface area contributed by atoms with Crippen LogP contribution in [0.2, 0.25) is 0 Å². The van der Waals surface area contributed by atoms with Gasteiger partial charge in [0, 0.05) is 5.69 Å². The maximum absolute atomic E-state index is 11.4. The number of nitrogens with two attached hydrogens (primary N) is 1. The fourth-order valence-electron chi connectivity index (χ4n) is 1.21. The summed E-state index contributed by atoms with van der Waals surface area (Å²) in [4.78, 5) is 0.207. The third kappa shape index (κ3) is 1.34. The van der Waals surface area contributed by atoms with Gasteiger partial charge in [-0.25, -0.2) is 8.42 Å². The van der Waals surface area contributed by atoms with E-state index in [0.717, 1.165) is 0 Å². The second-order valence-electron chi connectivity index (χ2n) is 2.76. The van der Waals surface area contributed by atoms with Crippen LogP contribution in [0, 0.1) is 0 Å². The lowest BCUT2D eigenvalue weighted by molar-refractivity contribution is 0.581. The summed E-state index contributed by atoms with van der Waals surface area (Å²) < 4.78 is 25.2. The molecule has 1 heterocycles. The van der Waals surface area contributed by atoms with Crippen molar-refractivity contribution >= 4 is 21.4 Å². The van der Waals surface area contributed by atoms with E-state index in [1.807, 2.05) is 0 Å². The molecule has 0 saturated heterocycles. The molecule has 6 heteroatoms. The summed E-state index contributed by atoms with van der Waals surface area (Å²) in [7, 11) is -3.36. The number of rotatable bonds is 0. The third-order valence-corrected chi connectivity index (χ3v) is 3.28. The Labute approximate surface area is 76.0 Å². The second-order valence-corrected chi connectivity index (χ2v) is 4.49. The Morgan fingerprint density at radius 1 is 1.38 bits per heavy atom. The van der Waals surface area contributed by atoms with Crippen molar-refractivity contribution in [2.75, 3.05) is 17.7 Å². The van der Waals surface area contributed by atoms with Crippen molar-refractivity contribution in [1.29, 1.82) is 0 Å². The molecule has 1 aliphatic heterocycles. The number of nitrogens with one attached hydrogen (secondary N) is 2. The lowest BCUT2D eigenvalue weighted by Crippen LogP contribution is -2.34. The van der Waals surface area contributed by atoms with Crippen LogP contribution in [0.3, 0.4) is 0 Å². The second kappa shape index (κ2) is 2.61.